The van der Waals surface area contributed by atoms with Crippen LogP contribution in [0.4, 0.5) is 15.8 Å². The topological polar surface area (TPSA) is 78.6 Å². The molecule has 98 valence electrons. The van der Waals surface area contributed by atoms with Gasteiger partial charge in [0.15, 0.2) is 0 Å². The van der Waals surface area contributed by atoms with Crippen LogP contribution in [0.3, 0.4) is 0 Å². The van der Waals surface area contributed by atoms with Crippen LogP contribution < -0.4 is 11.2 Å². The Balaban J connectivity index is 2.21. The monoisotopic (exact) mass is 253 g/mol. The van der Waals surface area contributed by atoms with Gasteiger partial charge in [-0.1, -0.05) is 6.42 Å². The fourth-order valence-electron chi connectivity index (χ4n) is 2.04. The molecule has 0 aromatic heterocycles. The second-order valence-corrected chi connectivity index (χ2v) is 4.38. The number of rotatable bonds is 3. The van der Waals surface area contributed by atoms with E-state index in [1.54, 1.807) is 0 Å². The summed E-state index contributed by atoms with van der Waals surface area (Å²) in [6.45, 7) is 1.65. The average molecular weight is 253 g/mol. The standard InChI is InChI=1S/C12H16FN3O2/c13-9-7-10(14)8(12(17)18)6-11(9)15-16-4-2-1-3-5-16/h6-7,15H,1-5,14H2,(H,17,18). The SMILES string of the molecule is Nc1cc(F)c(NN2CCCCC2)cc1C(=O)O. The molecule has 1 fully saturated rings. The molecule has 0 aliphatic carbocycles. The number of carboxylic acids is 1. The molecule has 1 aromatic carbocycles. The molecule has 1 aromatic rings. The summed E-state index contributed by atoms with van der Waals surface area (Å²) in [5, 5.41) is 10.8. The van der Waals surface area contributed by atoms with Crippen LogP contribution in [0.1, 0.15) is 29.6 Å². The highest BCUT2D eigenvalue weighted by Crippen LogP contribution is 2.23. The minimum atomic E-state index is -1.16. The number of benzene rings is 1. The van der Waals surface area contributed by atoms with Gasteiger partial charge < -0.3 is 16.3 Å². The normalized spacial score (nSPS) is 16.5. The lowest BCUT2D eigenvalue weighted by Gasteiger charge is -2.28. The van der Waals surface area contributed by atoms with Crippen molar-refractivity contribution in [3.63, 3.8) is 0 Å². The van der Waals surface area contributed by atoms with Crippen molar-refractivity contribution in [2.24, 2.45) is 0 Å². The molecule has 0 atom stereocenters. The van der Waals surface area contributed by atoms with E-state index in [0.29, 0.717) is 0 Å². The van der Waals surface area contributed by atoms with E-state index in [-0.39, 0.29) is 16.9 Å². The van der Waals surface area contributed by atoms with Crippen molar-refractivity contribution in [3.8, 4) is 0 Å². The van der Waals surface area contributed by atoms with Gasteiger partial charge in [0, 0.05) is 18.8 Å². The largest absolute Gasteiger partial charge is 0.478 e. The van der Waals surface area contributed by atoms with Crippen molar-refractivity contribution in [2.45, 2.75) is 19.3 Å². The Morgan fingerprint density at radius 3 is 2.61 bits per heavy atom. The number of carboxylic acid groups (broad SMARTS) is 1. The molecule has 0 spiro atoms. The summed E-state index contributed by atoms with van der Waals surface area (Å²) in [6.07, 6.45) is 3.27. The number of aromatic carboxylic acids is 1. The van der Waals surface area contributed by atoms with Gasteiger partial charge >= 0.3 is 5.97 Å². The summed E-state index contributed by atoms with van der Waals surface area (Å²) in [6, 6.07) is 2.28. The molecule has 5 nitrogen and oxygen atoms in total. The lowest BCUT2D eigenvalue weighted by atomic mass is 10.1. The van der Waals surface area contributed by atoms with E-state index < -0.39 is 11.8 Å². The van der Waals surface area contributed by atoms with Crippen LogP contribution in [0.5, 0.6) is 0 Å². The molecule has 0 radical (unpaired) electrons. The highest BCUT2D eigenvalue weighted by Gasteiger charge is 2.16. The number of hydrazine groups is 1. The predicted molar refractivity (Wildman–Crippen MR) is 66.8 cm³/mol. The van der Waals surface area contributed by atoms with E-state index in [2.05, 4.69) is 5.43 Å². The molecular formula is C12H16FN3O2. The molecule has 1 aliphatic heterocycles. The Kier molecular flexibility index (Phi) is 3.66. The van der Waals surface area contributed by atoms with Crippen LogP contribution in [0.2, 0.25) is 0 Å². The molecule has 0 unspecified atom stereocenters. The van der Waals surface area contributed by atoms with Crippen molar-refractivity contribution < 1.29 is 14.3 Å². The summed E-state index contributed by atoms with van der Waals surface area (Å²) in [5.74, 6) is -1.70. The number of hydrogen-bond acceptors (Lipinski definition) is 4. The van der Waals surface area contributed by atoms with Gasteiger partial charge in [0.25, 0.3) is 0 Å². The number of nitrogen functional groups attached to an aromatic ring is 1. The summed E-state index contributed by atoms with van der Waals surface area (Å²) in [7, 11) is 0. The summed E-state index contributed by atoms with van der Waals surface area (Å²) in [4.78, 5) is 10.9. The van der Waals surface area contributed by atoms with Crippen LogP contribution in [-0.2, 0) is 0 Å². The molecule has 4 N–H and O–H groups in total. The van der Waals surface area contributed by atoms with E-state index in [4.69, 9.17) is 10.8 Å². The number of hydrogen-bond donors (Lipinski definition) is 3. The van der Waals surface area contributed by atoms with Crippen molar-refractivity contribution in [2.75, 3.05) is 24.2 Å². The zero-order chi connectivity index (χ0) is 13.1. The number of anilines is 2. The zero-order valence-corrected chi connectivity index (χ0v) is 9.95. The molecule has 1 aliphatic rings. The van der Waals surface area contributed by atoms with Crippen LogP contribution in [-0.4, -0.2) is 29.2 Å². The average Bonchev–Trinajstić information content (AvgIpc) is 2.33. The zero-order valence-electron chi connectivity index (χ0n) is 9.95. The maximum Gasteiger partial charge on any atom is 0.337 e. The maximum atomic E-state index is 13.7. The number of nitrogens with two attached hydrogens (primary N) is 1. The Bertz CT molecular complexity index is 459. The molecule has 18 heavy (non-hydrogen) atoms. The van der Waals surface area contributed by atoms with E-state index in [1.807, 2.05) is 5.01 Å². The molecule has 0 bridgehead atoms. The fraction of sp³-hybridized carbons (Fsp3) is 0.417. The molecular weight excluding hydrogens is 237 g/mol. The van der Waals surface area contributed by atoms with Gasteiger partial charge in [-0.3, -0.25) is 0 Å². The molecule has 0 amide bonds. The van der Waals surface area contributed by atoms with Crippen molar-refractivity contribution in [1.82, 2.24) is 5.01 Å². The third kappa shape index (κ3) is 2.70. The van der Waals surface area contributed by atoms with E-state index in [0.717, 1.165) is 32.0 Å². The second kappa shape index (κ2) is 5.22. The number of piperidine rings is 1. The highest BCUT2D eigenvalue weighted by molar-refractivity contribution is 5.94. The molecule has 1 saturated heterocycles. The Labute approximate surface area is 104 Å². The Hall–Kier alpha value is -1.82. The lowest BCUT2D eigenvalue weighted by molar-refractivity contribution is 0.0698. The first-order chi connectivity index (χ1) is 8.58. The van der Waals surface area contributed by atoms with Crippen molar-refractivity contribution in [3.05, 3.63) is 23.5 Å². The van der Waals surface area contributed by atoms with Crippen LogP contribution in [0.15, 0.2) is 12.1 Å². The van der Waals surface area contributed by atoms with Crippen molar-refractivity contribution >= 4 is 17.3 Å². The number of carbonyl (C=O) groups is 1. The van der Waals surface area contributed by atoms with Gasteiger partial charge in [0.2, 0.25) is 0 Å². The molecule has 2 rings (SSSR count). The number of nitrogens with zero attached hydrogens (tertiary/aromatic N) is 1. The van der Waals surface area contributed by atoms with E-state index in [9.17, 15) is 9.18 Å². The molecule has 1 heterocycles. The molecule has 6 heteroatoms. The summed E-state index contributed by atoms with van der Waals surface area (Å²) >= 11 is 0. The predicted octanol–water partition coefficient (Wildman–Crippen LogP) is 1.92. The number of halogens is 1. The molecule has 0 saturated carbocycles. The first-order valence-electron chi connectivity index (χ1n) is 5.92. The minimum absolute atomic E-state index is 0.0656. The maximum absolute atomic E-state index is 13.7. The van der Waals surface area contributed by atoms with Crippen LogP contribution in [0.25, 0.3) is 0 Å². The first-order valence-corrected chi connectivity index (χ1v) is 5.92. The van der Waals surface area contributed by atoms with Gasteiger partial charge in [-0.05, 0) is 25.0 Å². The minimum Gasteiger partial charge on any atom is -0.478 e. The van der Waals surface area contributed by atoms with Gasteiger partial charge in [0.05, 0.1) is 11.3 Å². The summed E-state index contributed by atoms with van der Waals surface area (Å²) in [5.41, 5.74) is 8.38. The van der Waals surface area contributed by atoms with Crippen LogP contribution >= 0.6 is 0 Å². The Morgan fingerprint density at radius 2 is 2.00 bits per heavy atom. The van der Waals surface area contributed by atoms with Gasteiger partial charge in [0.1, 0.15) is 5.82 Å². The lowest BCUT2D eigenvalue weighted by Crippen LogP contribution is -2.35. The quantitative estimate of drug-likeness (QED) is 0.717. The smallest absolute Gasteiger partial charge is 0.337 e. The summed E-state index contributed by atoms with van der Waals surface area (Å²) < 4.78 is 13.7. The Morgan fingerprint density at radius 1 is 1.33 bits per heavy atom. The van der Waals surface area contributed by atoms with Gasteiger partial charge in [-0.2, -0.15) is 0 Å². The first kappa shape index (κ1) is 12.6. The highest BCUT2D eigenvalue weighted by atomic mass is 19.1. The third-order valence-electron chi connectivity index (χ3n) is 3.00. The third-order valence-corrected chi connectivity index (χ3v) is 3.00. The number of nitrogens with one attached hydrogen (secondary N) is 1. The van der Waals surface area contributed by atoms with Gasteiger partial charge in [-0.25, -0.2) is 14.2 Å². The van der Waals surface area contributed by atoms with E-state index in [1.165, 1.54) is 12.5 Å². The van der Waals surface area contributed by atoms with E-state index >= 15 is 0 Å². The fourth-order valence-corrected chi connectivity index (χ4v) is 2.04. The van der Waals surface area contributed by atoms with Crippen LogP contribution in [0, 0.1) is 5.82 Å². The van der Waals surface area contributed by atoms with Crippen molar-refractivity contribution in [1.29, 1.82) is 0 Å². The van der Waals surface area contributed by atoms with Gasteiger partial charge in [-0.15, -0.1) is 0 Å². The second-order valence-electron chi connectivity index (χ2n) is 4.38.